The lowest BCUT2D eigenvalue weighted by Crippen LogP contribution is -2.44. The molecule has 11 heteroatoms. The van der Waals surface area contributed by atoms with Gasteiger partial charge in [0, 0.05) is 62.9 Å². The fourth-order valence-corrected chi connectivity index (χ4v) is 4.00. The molecule has 0 aliphatic carbocycles. The van der Waals surface area contributed by atoms with E-state index in [9.17, 15) is 4.79 Å². The number of carbonyl (C=O) groups is 1. The van der Waals surface area contributed by atoms with Gasteiger partial charge < -0.3 is 29.9 Å². The van der Waals surface area contributed by atoms with Crippen molar-refractivity contribution in [1.82, 2.24) is 14.9 Å². The van der Waals surface area contributed by atoms with Gasteiger partial charge in [0.05, 0.1) is 19.9 Å². The fraction of sp³-hybridized carbons (Fsp3) is 0.320. The first-order valence-corrected chi connectivity index (χ1v) is 11.9. The highest BCUT2D eigenvalue weighted by atomic mass is 35.5. The number of piperazine rings is 1. The van der Waals surface area contributed by atoms with Gasteiger partial charge in [0.25, 0.3) is 0 Å². The monoisotopic (exact) mass is 511 g/mol. The summed E-state index contributed by atoms with van der Waals surface area (Å²) in [5, 5.41) is 6.29. The van der Waals surface area contributed by atoms with E-state index in [1.165, 1.54) is 24.8 Å². The van der Waals surface area contributed by atoms with Crippen LogP contribution in [-0.2, 0) is 0 Å². The molecule has 2 N–H and O–H groups in total. The molecular weight excluding hydrogens is 482 g/mol. The number of rotatable bonds is 7. The van der Waals surface area contributed by atoms with Crippen molar-refractivity contribution < 1.29 is 14.3 Å². The van der Waals surface area contributed by atoms with E-state index in [0.29, 0.717) is 23.0 Å². The highest BCUT2D eigenvalue weighted by Crippen LogP contribution is 2.36. The van der Waals surface area contributed by atoms with E-state index < -0.39 is 6.03 Å². The second kappa shape index (κ2) is 11.3. The number of anilines is 5. The van der Waals surface area contributed by atoms with Gasteiger partial charge in [0.15, 0.2) is 0 Å². The van der Waals surface area contributed by atoms with Crippen LogP contribution >= 0.6 is 11.6 Å². The van der Waals surface area contributed by atoms with E-state index in [1.54, 1.807) is 31.4 Å². The molecule has 0 bridgehead atoms. The quantitative estimate of drug-likeness (QED) is 0.484. The van der Waals surface area contributed by atoms with E-state index in [1.807, 2.05) is 12.1 Å². The second-order valence-electron chi connectivity index (χ2n) is 8.38. The summed E-state index contributed by atoms with van der Waals surface area (Å²) in [6.45, 7) is 4.14. The van der Waals surface area contributed by atoms with Crippen molar-refractivity contribution in [2.24, 2.45) is 0 Å². The number of methoxy groups -OCH3 is 2. The van der Waals surface area contributed by atoms with Crippen molar-refractivity contribution in [2.75, 3.05) is 74.9 Å². The molecule has 2 amide bonds. The third-order valence-corrected chi connectivity index (χ3v) is 6.36. The molecule has 36 heavy (non-hydrogen) atoms. The van der Waals surface area contributed by atoms with Gasteiger partial charge >= 0.3 is 6.03 Å². The fourth-order valence-electron chi connectivity index (χ4n) is 3.77. The Balaban J connectivity index is 1.43. The van der Waals surface area contributed by atoms with E-state index in [-0.39, 0.29) is 11.0 Å². The Hall–Kier alpha value is -3.76. The van der Waals surface area contributed by atoms with Gasteiger partial charge in [-0.2, -0.15) is 4.98 Å². The van der Waals surface area contributed by atoms with Gasteiger partial charge in [-0.1, -0.05) is 11.6 Å². The van der Waals surface area contributed by atoms with Gasteiger partial charge in [0.2, 0.25) is 5.95 Å². The lowest BCUT2D eigenvalue weighted by molar-refractivity contribution is 0.257. The first kappa shape index (κ1) is 25.3. The molecule has 3 aromatic rings. The minimum Gasteiger partial charge on any atom is -0.497 e. The van der Waals surface area contributed by atoms with Crippen LogP contribution in [0.1, 0.15) is 0 Å². The number of likely N-dealkylation sites (N-methyl/N-ethyl adjacent to an activating group) is 1. The normalized spacial score (nSPS) is 13.8. The molecule has 1 aromatic heterocycles. The summed E-state index contributed by atoms with van der Waals surface area (Å²) in [7, 11) is 6.73. The van der Waals surface area contributed by atoms with E-state index in [0.717, 1.165) is 31.9 Å². The number of nitrogens with zero attached hydrogens (tertiary/aromatic N) is 5. The number of hydrogen-bond acceptors (Lipinski definition) is 8. The predicted octanol–water partition coefficient (Wildman–Crippen LogP) is 4.31. The average Bonchev–Trinajstić information content (AvgIpc) is 2.90. The largest absolute Gasteiger partial charge is 0.497 e. The molecule has 0 saturated carbocycles. The summed E-state index contributed by atoms with van der Waals surface area (Å²) in [6, 6.07) is 12.8. The summed E-state index contributed by atoms with van der Waals surface area (Å²) in [4.78, 5) is 27.6. The number of hydrogen-bond donors (Lipinski definition) is 2. The van der Waals surface area contributed by atoms with Crippen LogP contribution in [0.25, 0.3) is 0 Å². The van der Waals surface area contributed by atoms with Gasteiger partial charge in [-0.25, -0.2) is 9.78 Å². The third-order valence-electron chi connectivity index (χ3n) is 5.97. The molecule has 2 heterocycles. The predicted molar refractivity (Wildman–Crippen MR) is 143 cm³/mol. The van der Waals surface area contributed by atoms with Crippen LogP contribution in [0.4, 0.5) is 33.6 Å². The summed E-state index contributed by atoms with van der Waals surface area (Å²) in [5.41, 5.74) is 2.43. The van der Waals surface area contributed by atoms with Crippen LogP contribution in [0.3, 0.4) is 0 Å². The lowest BCUT2D eigenvalue weighted by atomic mass is 10.2. The maximum absolute atomic E-state index is 12.9. The Kier molecular flexibility index (Phi) is 7.97. The second-order valence-corrected chi connectivity index (χ2v) is 8.76. The van der Waals surface area contributed by atoms with E-state index in [2.05, 4.69) is 49.6 Å². The SMILES string of the molecule is COc1cc(NC(=O)N(C)c2nccc(Nc3ccc(N4CCN(C)CC4)cc3)n2)c(Cl)c(OC)c1. The number of carbonyl (C=O) groups excluding carboxylic acids is 1. The highest BCUT2D eigenvalue weighted by molar-refractivity contribution is 6.35. The zero-order valence-corrected chi connectivity index (χ0v) is 21.5. The third kappa shape index (κ3) is 5.89. The molecule has 10 nitrogen and oxygen atoms in total. The molecule has 2 aromatic carbocycles. The minimum atomic E-state index is -0.471. The molecule has 4 rings (SSSR count). The van der Waals surface area contributed by atoms with Gasteiger partial charge in [-0.15, -0.1) is 0 Å². The van der Waals surface area contributed by atoms with E-state index >= 15 is 0 Å². The van der Waals surface area contributed by atoms with Crippen molar-refractivity contribution in [3.05, 3.63) is 53.7 Å². The smallest absolute Gasteiger partial charge is 0.328 e. The topological polar surface area (TPSA) is 95.1 Å². The summed E-state index contributed by atoms with van der Waals surface area (Å²) in [6.07, 6.45) is 1.59. The van der Waals surface area contributed by atoms with Crippen LogP contribution < -0.4 is 29.9 Å². The van der Waals surface area contributed by atoms with E-state index in [4.69, 9.17) is 21.1 Å². The number of ether oxygens (including phenoxy) is 2. The average molecular weight is 512 g/mol. The lowest BCUT2D eigenvalue weighted by Gasteiger charge is -2.34. The first-order valence-electron chi connectivity index (χ1n) is 11.5. The summed E-state index contributed by atoms with van der Waals surface area (Å²) >= 11 is 6.36. The number of benzene rings is 2. The molecule has 0 atom stereocenters. The molecule has 1 aliphatic rings. The van der Waals surface area contributed by atoms with Crippen molar-refractivity contribution in [3.63, 3.8) is 0 Å². The molecule has 0 radical (unpaired) electrons. The van der Waals surface area contributed by atoms with Gasteiger partial charge in [-0.05, 0) is 37.4 Å². The Morgan fingerprint density at radius 1 is 1.06 bits per heavy atom. The summed E-state index contributed by atoms with van der Waals surface area (Å²) in [5.74, 6) is 1.66. The van der Waals surface area contributed by atoms with Crippen molar-refractivity contribution >= 4 is 46.5 Å². The van der Waals surface area contributed by atoms with Crippen molar-refractivity contribution in [3.8, 4) is 11.5 Å². The molecule has 0 unspecified atom stereocenters. The Labute approximate surface area is 215 Å². The first-order chi connectivity index (χ1) is 17.4. The molecular formula is C25H30ClN7O3. The van der Waals surface area contributed by atoms with Crippen LogP contribution in [0, 0.1) is 0 Å². The molecule has 1 aliphatic heterocycles. The number of halogens is 1. The molecule has 0 spiro atoms. The maximum Gasteiger partial charge on any atom is 0.328 e. The van der Waals surface area contributed by atoms with Crippen LogP contribution in [0.15, 0.2) is 48.7 Å². The van der Waals surface area contributed by atoms with Crippen molar-refractivity contribution in [2.45, 2.75) is 0 Å². The van der Waals surface area contributed by atoms with Crippen LogP contribution in [0.2, 0.25) is 5.02 Å². The number of aromatic nitrogens is 2. The Bertz CT molecular complexity index is 1200. The standard InChI is InChI=1S/C25H30ClN7O3/c1-31-11-13-33(14-12-31)18-7-5-17(6-8-18)28-22-9-10-27-24(30-22)32(2)25(34)29-20-15-19(35-3)16-21(36-4)23(20)26/h5-10,15-16H,11-14H2,1-4H3,(H,29,34)(H,27,28,30). The number of nitrogens with one attached hydrogen (secondary N) is 2. The van der Waals surface area contributed by atoms with Gasteiger partial charge in [-0.3, -0.25) is 4.90 Å². The van der Waals surface area contributed by atoms with Crippen LogP contribution in [0.5, 0.6) is 11.5 Å². The number of urea groups is 1. The van der Waals surface area contributed by atoms with Crippen LogP contribution in [-0.4, -0.2) is 75.4 Å². The maximum atomic E-state index is 12.9. The Morgan fingerprint density at radius 3 is 2.44 bits per heavy atom. The number of amides is 2. The summed E-state index contributed by atoms with van der Waals surface area (Å²) < 4.78 is 10.5. The Morgan fingerprint density at radius 2 is 1.78 bits per heavy atom. The molecule has 190 valence electrons. The molecule has 1 fully saturated rings. The van der Waals surface area contributed by atoms with Gasteiger partial charge in [0.1, 0.15) is 22.3 Å². The highest BCUT2D eigenvalue weighted by Gasteiger charge is 2.18. The molecule has 1 saturated heterocycles. The van der Waals surface area contributed by atoms with Crippen molar-refractivity contribution in [1.29, 1.82) is 0 Å². The minimum absolute atomic E-state index is 0.220. The zero-order valence-electron chi connectivity index (χ0n) is 20.8. The zero-order chi connectivity index (χ0) is 25.7.